The predicted molar refractivity (Wildman–Crippen MR) is 203 cm³/mol. The van der Waals surface area contributed by atoms with Crippen LogP contribution in [0, 0.1) is 0 Å². The predicted octanol–water partition coefficient (Wildman–Crippen LogP) is 14.3. The van der Waals surface area contributed by atoms with Gasteiger partial charge in [0.25, 0.3) is 0 Å². The van der Waals surface area contributed by atoms with Gasteiger partial charge in [0.1, 0.15) is 46.1 Å². The highest BCUT2D eigenvalue weighted by Gasteiger charge is 2.18. The van der Waals surface area contributed by atoms with Gasteiger partial charge in [0.05, 0.1) is 19.6 Å². The molecule has 0 saturated carbocycles. The first kappa shape index (κ1) is 39.6. The molecule has 0 aliphatic carbocycles. The molecule has 4 nitrogen and oxygen atoms in total. The molecule has 0 amide bonds. The molecule has 4 aromatic rings. The molecule has 0 spiro atoms. The normalized spacial score (nSPS) is 11.3. The summed E-state index contributed by atoms with van der Waals surface area (Å²) in [5.41, 5.74) is 0. The molecule has 0 unspecified atom stereocenters. The Morgan fingerprint density at radius 3 is 0.830 bits per heavy atom. The van der Waals surface area contributed by atoms with Crippen LogP contribution in [0.5, 0.6) is 0 Å². The van der Waals surface area contributed by atoms with Crippen molar-refractivity contribution in [2.75, 3.05) is 0 Å². The van der Waals surface area contributed by atoms with E-state index >= 15 is 0 Å². The maximum Gasteiger partial charge on any atom is 0.118 e. The van der Waals surface area contributed by atoms with Gasteiger partial charge in [-0.3, -0.25) is 0 Å². The van der Waals surface area contributed by atoms with Crippen LogP contribution in [0.1, 0.15) is 153 Å². The molecule has 0 atom stereocenters. The van der Waals surface area contributed by atoms with Crippen molar-refractivity contribution in [3.63, 3.8) is 0 Å². The summed E-state index contributed by atoms with van der Waals surface area (Å²) >= 11 is 1.83. The van der Waals surface area contributed by atoms with E-state index in [1.165, 1.54) is 19.6 Å². The molecule has 4 rings (SSSR count). The molecule has 0 aromatic carbocycles. The first-order chi connectivity index (χ1) is 22.9. The summed E-state index contributed by atoms with van der Waals surface area (Å²) in [7, 11) is 3.64. The number of rotatable bonds is 21. The molecule has 4 aromatic heterocycles. The molecular formula is C40H60O4S3. The Morgan fingerprint density at radius 1 is 0.340 bits per heavy atom. The van der Waals surface area contributed by atoms with E-state index < -0.39 is 0 Å². The molecule has 262 valence electrons. The second kappa shape index (κ2) is 22.0. The van der Waals surface area contributed by atoms with E-state index in [9.17, 15) is 0 Å². The highest BCUT2D eigenvalue weighted by atomic mass is 33.1. The highest BCUT2D eigenvalue weighted by Crippen LogP contribution is 2.44. The van der Waals surface area contributed by atoms with Gasteiger partial charge in [0.15, 0.2) is 0 Å². The largest absolute Gasteiger partial charge is 0.465 e. The third kappa shape index (κ3) is 12.5. The van der Waals surface area contributed by atoms with Crippen LogP contribution in [0.15, 0.2) is 61.5 Å². The second-order valence-corrected chi connectivity index (χ2v) is 15.6. The van der Waals surface area contributed by atoms with Gasteiger partial charge >= 0.3 is 0 Å². The van der Waals surface area contributed by atoms with Crippen LogP contribution in [-0.4, -0.2) is 0 Å². The number of hydrogen-bond donors (Lipinski definition) is 0. The summed E-state index contributed by atoms with van der Waals surface area (Å²) in [6, 6.07) is 8.94. The molecule has 4 heterocycles. The van der Waals surface area contributed by atoms with E-state index in [1.807, 2.05) is 33.3 Å². The lowest BCUT2D eigenvalue weighted by Crippen LogP contribution is -1.84. The maximum atomic E-state index is 6.07. The first-order valence-corrected chi connectivity index (χ1v) is 21.4. The smallest absolute Gasteiger partial charge is 0.118 e. The van der Waals surface area contributed by atoms with Gasteiger partial charge in [-0.25, -0.2) is 0 Å². The fourth-order valence-corrected chi connectivity index (χ4v) is 8.99. The fourth-order valence-electron chi connectivity index (χ4n) is 5.46. The van der Waals surface area contributed by atoms with Crippen LogP contribution < -0.4 is 0 Å². The van der Waals surface area contributed by atoms with Gasteiger partial charge in [-0.1, -0.05) is 67.2 Å². The third-order valence-corrected chi connectivity index (χ3v) is 11.2. The molecule has 0 aliphatic heterocycles. The highest BCUT2D eigenvalue weighted by molar-refractivity contribution is 8.76. The van der Waals surface area contributed by atoms with Gasteiger partial charge < -0.3 is 17.7 Å². The molecule has 47 heavy (non-hydrogen) atoms. The lowest BCUT2D eigenvalue weighted by atomic mass is 10.2. The molecule has 0 saturated heterocycles. The first-order valence-electron chi connectivity index (χ1n) is 18.4. The average molecular weight is 701 g/mol. The van der Waals surface area contributed by atoms with Crippen molar-refractivity contribution in [3.05, 3.63) is 70.3 Å². The minimum absolute atomic E-state index is 1.01. The van der Waals surface area contributed by atoms with Crippen molar-refractivity contribution in [3.8, 4) is 0 Å². The monoisotopic (exact) mass is 700 g/mol. The Bertz CT molecular complexity index is 1320. The molecule has 0 radical (unpaired) electrons. The van der Waals surface area contributed by atoms with Crippen LogP contribution in [0.3, 0.4) is 0 Å². The SMILES string of the molecule is CCCc1cc(SSc2cc(CCC)oc2CCC)c(CCC)o1.CCCc1cc(Sc2cc(CCC)oc2CCC)c(CCC)o1. The zero-order valence-electron chi connectivity index (χ0n) is 30.5. The van der Waals surface area contributed by atoms with E-state index in [2.05, 4.69) is 79.7 Å². The minimum Gasteiger partial charge on any atom is -0.465 e. The lowest BCUT2D eigenvalue weighted by molar-refractivity contribution is 0.453. The summed E-state index contributed by atoms with van der Waals surface area (Å²) in [4.78, 5) is 5.12. The fraction of sp³-hybridized carbons (Fsp3) is 0.600. The number of aryl methyl sites for hydroxylation is 8. The summed E-state index contributed by atoms with van der Waals surface area (Å²) in [6.07, 6.45) is 17.1. The van der Waals surface area contributed by atoms with E-state index in [1.54, 1.807) is 0 Å². The number of hydrogen-bond acceptors (Lipinski definition) is 7. The van der Waals surface area contributed by atoms with Crippen molar-refractivity contribution in [1.82, 2.24) is 0 Å². The molecule has 0 fully saturated rings. The van der Waals surface area contributed by atoms with Crippen LogP contribution in [0.4, 0.5) is 0 Å². The molecule has 0 aliphatic rings. The van der Waals surface area contributed by atoms with Crippen LogP contribution in [0.2, 0.25) is 0 Å². The zero-order chi connectivity index (χ0) is 34.0. The molecular weight excluding hydrogens is 641 g/mol. The maximum absolute atomic E-state index is 6.07. The Hall–Kier alpha value is -1.83. The van der Waals surface area contributed by atoms with Crippen molar-refractivity contribution in [1.29, 1.82) is 0 Å². The van der Waals surface area contributed by atoms with Crippen LogP contribution >= 0.6 is 33.3 Å². The molecule has 0 bridgehead atoms. The average Bonchev–Trinajstić information content (AvgIpc) is 3.81. The Kier molecular flexibility index (Phi) is 18.5. The molecule has 0 N–H and O–H groups in total. The van der Waals surface area contributed by atoms with E-state index in [4.69, 9.17) is 17.7 Å². The topological polar surface area (TPSA) is 52.6 Å². The number of furan rings is 4. The zero-order valence-corrected chi connectivity index (χ0v) is 32.9. The van der Waals surface area contributed by atoms with Crippen LogP contribution in [0.25, 0.3) is 0 Å². The Morgan fingerprint density at radius 2 is 0.574 bits per heavy atom. The van der Waals surface area contributed by atoms with E-state index in [0.29, 0.717) is 0 Å². The van der Waals surface area contributed by atoms with Gasteiger partial charge in [0, 0.05) is 51.4 Å². The van der Waals surface area contributed by atoms with Crippen molar-refractivity contribution in [2.45, 2.75) is 178 Å². The van der Waals surface area contributed by atoms with E-state index in [-0.39, 0.29) is 0 Å². The van der Waals surface area contributed by atoms with Gasteiger partial charge in [-0.2, -0.15) is 0 Å². The van der Waals surface area contributed by atoms with E-state index in [0.717, 1.165) is 149 Å². The molecule has 7 heteroatoms. The van der Waals surface area contributed by atoms with Crippen molar-refractivity contribution < 1.29 is 17.7 Å². The third-order valence-electron chi connectivity index (χ3n) is 7.62. The quantitative estimate of drug-likeness (QED) is 0.0802. The minimum atomic E-state index is 1.01. The van der Waals surface area contributed by atoms with Crippen molar-refractivity contribution in [2.24, 2.45) is 0 Å². The van der Waals surface area contributed by atoms with Crippen LogP contribution in [-0.2, 0) is 51.4 Å². The Balaban J connectivity index is 0.000000256. The summed E-state index contributed by atoms with van der Waals surface area (Å²) in [5, 5.41) is 0. The summed E-state index contributed by atoms with van der Waals surface area (Å²) in [5.74, 6) is 9.05. The summed E-state index contributed by atoms with van der Waals surface area (Å²) < 4.78 is 24.2. The van der Waals surface area contributed by atoms with Crippen molar-refractivity contribution >= 4 is 33.3 Å². The van der Waals surface area contributed by atoms with Gasteiger partial charge in [-0.15, -0.1) is 0 Å². The second-order valence-electron chi connectivity index (χ2n) is 12.3. The Labute approximate surface area is 297 Å². The van der Waals surface area contributed by atoms with Gasteiger partial charge in [-0.05, 0) is 97.2 Å². The lowest BCUT2D eigenvalue weighted by Gasteiger charge is -2.01. The summed E-state index contributed by atoms with van der Waals surface area (Å²) in [6.45, 7) is 17.6. The van der Waals surface area contributed by atoms with Gasteiger partial charge in [0.2, 0.25) is 0 Å². The standard InChI is InChI=1S/C20H30O2S2.C20H30O2S/c1-5-9-15-13-19(17(21-15)11-7-3)23-24-20-14-16(10-6-2)22-18(20)12-8-4;1-5-9-15-13-19(17(21-15)11-7-3)23-20-14-16(10-6-2)22-18(20)12-8-4/h13-14H,5-12H2,1-4H3;13-14H,5-12H2,1-4H3.